The van der Waals surface area contributed by atoms with Crippen LogP contribution in [0.5, 0.6) is 5.75 Å². The van der Waals surface area contributed by atoms with Gasteiger partial charge in [-0.1, -0.05) is 20.3 Å². The van der Waals surface area contributed by atoms with Crippen LogP contribution in [0.4, 0.5) is 14.5 Å². The molecule has 1 N–H and O–H groups in total. The lowest BCUT2D eigenvalue weighted by Crippen LogP contribution is -2.42. The molecule has 21 heavy (non-hydrogen) atoms. The molecule has 2 unspecified atom stereocenters. The summed E-state index contributed by atoms with van der Waals surface area (Å²) in [6.07, 6.45) is 2.23. The van der Waals surface area contributed by atoms with E-state index in [2.05, 4.69) is 28.8 Å². The Labute approximate surface area is 125 Å². The predicted octanol–water partition coefficient (Wildman–Crippen LogP) is 3.50. The van der Waals surface area contributed by atoms with Gasteiger partial charge in [0.25, 0.3) is 0 Å². The zero-order valence-corrected chi connectivity index (χ0v) is 12.7. The number of anilines is 1. The van der Waals surface area contributed by atoms with Gasteiger partial charge in [-0.25, -0.2) is 0 Å². The van der Waals surface area contributed by atoms with E-state index in [0.717, 1.165) is 38.2 Å². The van der Waals surface area contributed by atoms with Crippen LogP contribution in [0.2, 0.25) is 0 Å². The molecule has 0 saturated carbocycles. The number of nitrogens with one attached hydrogen (secondary N) is 1. The van der Waals surface area contributed by atoms with E-state index in [1.165, 1.54) is 0 Å². The smallest absolute Gasteiger partial charge is 0.387 e. The number of hydrogen-bond acceptors (Lipinski definition) is 3. The number of benzene rings is 1. The van der Waals surface area contributed by atoms with Crippen molar-refractivity contribution in [1.82, 2.24) is 5.32 Å². The average Bonchev–Trinajstić information content (AvgIpc) is 2.72. The molecule has 1 saturated heterocycles. The van der Waals surface area contributed by atoms with E-state index in [1.807, 2.05) is 12.1 Å². The highest BCUT2D eigenvalue weighted by molar-refractivity contribution is 5.49. The number of hydrogen-bond donors (Lipinski definition) is 1. The maximum absolute atomic E-state index is 12.2. The molecule has 1 aliphatic heterocycles. The summed E-state index contributed by atoms with van der Waals surface area (Å²) in [6, 6.07) is 7.40. The minimum absolute atomic E-state index is 0.208. The zero-order valence-electron chi connectivity index (χ0n) is 12.7. The van der Waals surface area contributed by atoms with Crippen molar-refractivity contribution in [1.29, 1.82) is 0 Å². The second-order valence-electron chi connectivity index (χ2n) is 5.62. The number of halogens is 2. The number of nitrogens with zero attached hydrogens (tertiary/aromatic N) is 1. The van der Waals surface area contributed by atoms with Gasteiger partial charge in [0.05, 0.1) is 0 Å². The summed E-state index contributed by atoms with van der Waals surface area (Å²) in [6.45, 7) is 4.66. The summed E-state index contributed by atoms with van der Waals surface area (Å²) < 4.78 is 28.7. The van der Waals surface area contributed by atoms with Gasteiger partial charge in [-0.2, -0.15) is 8.78 Å². The molecule has 3 nitrogen and oxygen atoms in total. The van der Waals surface area contributed by atoms with Crippen LogP contribution in [0, 0.1) is 5.92 Å². The van der Waals surface area contributed by atoms with Crippen molar-refractivity contribution >= 4 is 5.69 Å². The lowest BCUT2D eigenvalue weighted by atomic mass is 9.99. The van der Waals surface area contributed by atoms with E-state index in [4.69, 9.17) is 0 Å². The maximum Gasteiger partial charge on any atom is 0.387 e. The van der Waals surface area contributed by atoms with Gasteiger partial charge < -0.3 is 15.0 Å². The summed E-state index contributed by atoms with van der Waals surface area (Å²) in [4.78, 5) is 2.32. The molecule has 2 rings (SSSR count). The third-order valence-corrected chi connectivity index (χ3v) is 4.19. The maximum atomic E-state index is 12.2. The highest BCUT2D eigenvalue weighted by atomic mass is 19.3. The molecule has 5 heteroatoms. The van der Waals surface area contributed by atoms with E-state index in [-0.39, 0.29) is 5.75 Å². The van der Waals surface area contributed by atoms with Gasteiger partial charge in [-0.15, -0.1) is 0 Å². The Morgan fingerprint density at radius 3 is 2.67 bits per heavy atom. The largest absolute Gasteiger partial charge is 0.435 e. The normalized spacial score (nSPS) is 21.2. The van der Waals surface area contributed by atoms with E-state index in [0.29, 0.717) is 12.0 Å². The van der Waals surface area contributed by atoms with Crippen LogP contribution in [0.1, 0.15) is 26.7 Å². The van der Waals surface area contributed by atoms with Crippen molar-refractivity contribution in [2.45, 2.75) is 39.3 Å². The molecule has 2 atom stereocenters. The van der Waals surface area contributed by atoms with Gasteiger partial charge in [0.15, 0.2) is 0 Å². The summed E-state index contributed by atoms with van der Waals surface area (Å²) >= 11 is 0. The molecule has 0 amide bonds. The molecule has 0 radical (unpaired) electrons. The Hall–Kier alpha value is -1.36. The van der Waals surface area contributed by atoms with Gasteiger partial charge in [0.1, 0.15) is 5.75 Å². The fourth-order valence-electron chi connectivity index (χ4n) is 2.69. The molecule has 1 heterocycles. The first kappa shape index (κ1) is 16.0. The van der Waals surface area contributed by atoms with Crippen molar-refractivity contribution in [3.05, 3.63) is 24.3 Å². The lowest BCUT2D eigenvalue weighted by Gasteiger charge is -2.29. The fourth-order valence-corrected chi connectivity index (χ4v) is 2.69. The molecule has 1 aromatic carbocycles. The molecule has 0 bridgehead atoms. The monoisotopic (exact) mass is 298 g/mol. The molecular formula is C16H24F2N2O. The van der Waals surface area contributed by atoms with E-state index in [1.54, 1.807) is 12.1 Å². The van der Waals surface area contributed by atoms with E-state index >= 15 is 0 Å². The van der Waals surface area contributed by atoms with Crippen LogP contribution in [0.15, 0.2) is 24.3 Å². The van der Waals surface area contributed by atoms with Crippen LogP contribution >= 0.6 is 0 Å². The first-order chi connectivity index (χ1) is 10.1. The molecule has 1 fully saturated rings. The molecule has 118 valence electrons. The summed E-state index contributed by atoms with van der Waals surface area (Å²) in [5, 5.41) is 3.60. The summed E-state index contributed by atoms with van der Waals surface area (Å²) in [5.74, 6) is 0.826. The Morgan fingerprint density at radius 1 is 1.33 bits per heavy atom. The van der Waals surface area contributed by atoms with Crippen LogP contribution in [-0.4, -0.2) is 32.3 Å². The van der Waals surface area contributed by atoms with Crippen LogP contribution < -0.4 is 15.0 Å². The van der Waals surface area contributed by atoms with Gasteiger partial charge in [0.2, 0.25) is 0 Å². The Morgan fingerprint density at radius 2 is 2.05 bits per heavy atom. The topological polar surface area (TPSA) is 24.5 Å². The Balaban J connectivity index is 2.05. The number of rotatable bonds is 5. The second-order valence-corrected chi connectivity index (χ2v) is 5.62. The molecule has 0 spiro atoms. The first-order valence-corrected chi connectivity index (χ1v) is 7.63. The van der Waals surface area contributed by atoms with Gasteiger partial charge >= 0.3 is 6.61 Å². The van der Waals surface area contributed by atoms with Gasteiger partial charge in [-0.05, 0) is 43.1 Å². The van der Waals surface area contributed by atoms with Crippen LogP contribution in [-0.2, 0) is 0 Å². The van der Waals surface area contributed by atoms with Crippen molar-refractivity contribution in [3.63, 3.8) is 0 Å². The number of ether oxygens (including phenoxy) is 1. The Bertz CT molecular complexity index is 425. The third kappa shape index (κ3) is 4.56. The van der Waals surface area contributed by atoms with Gasteiger partial charge in [0, 0.05) is 24.8 Å². The minimum atomic E-state index is -2.77. The first-order valence-electron chi connectivity index (χ1n) is 7.63. The van der Waals surface area contributed by atoms with Crippen molar-refractivity contribution in [2.24, 2.45) is 5.92 Å². The van der Waals surface area contributed by atoms with Gasteiger partial charge in [-0.3, -0.25) is 0 Å². The third-order valence-electron chi connectivity index (χ3n) is 4.19. The quantitative estimate of drug-likeness (QED) is 0.900. The van der Waals surface area contributed by atoms with Crippen molar-refractivity contribution in [2.75, 3.05) is 24.5 Å². The molecule has 1 aliphatic rings. The zero-order chi connectivity index (χ0) is 15.2. The Kier molecular flexibility index (Phi) is 5.79. The molecule has 1 aromatic rings. The number of alkyl halides is 2. The standard InChI is InChI=1S/C16H24F2N2O/c1-3-12(2)15-11-20(10-4-9-19-15)13-5-7-14(8-6-13)21-16(17)18/h5-8,12,15-16,19H,3-4,9-11H2,1-2H3. The van der Waals surface area contributed by atoms with E-state index in [9.17, 15) is 8.78 Å². The summed E-state index contributed by atoms with van der Waals surface area (Å²) in [5.41, 5.74) is 1.06. The minimum Gasteiger partial charge on any atom is -0.435 e. The predicted molar refractivity (Wildman–Crippen MR) is 81.1 cm³/mol. The van der Waals surface area contributed by atoms with E-state index < -0.39 is 6.61 Å². The molecule has 0 aromatic heterocycles. The van der Waals surface area contributed by atoms with Crippen LogP contribution in [0.25, 0.3) is 0 Å². The highest BCUT2D eigenvalue weighted by Gasteiger charge is 2.22. The molecule has 0 aliphatic carbocycles. The van der Waals surface area contributed by atoms with Crippen molar-refractivity contribution in [3.8, 4) is 5.75 Å². The average molecular weight is 298 g/mol. The van der Waals surface area contributed by atoms with Crippen molar-refractivity contribution < 1.29 is 13.5 Å². The SMILES string of the molecule is CCC(C)C1CN(c2ccc(OC(F)F)cc2)CCCN1. The molecular weight excluding hydrogens is 274 g/mol. The van der Waals surface area contributed by atoms with Crippen LogP contribution in [0.3, 0.4) is 0 Å². The lowest BCUT2D eigenvalue weighted by molar-refractivity contribution is -0.0498. The summed E-state index contributed by atoms with van der Waals surface area (Å²) in [7, 11) is 0. The highest BCUT2D eigenvalue weighted by Crippen LogP contribution is 2.23. The fraction of sp³-hybridized carbons (Fsp3) is 0.625. The second kappa shape index (κ2) is 7.59.